The van der Waals surface area contributed by atoms with Crippen molar-refractivity contribution in [3.63, 3.8) is 0 Å². The summed E-state index contributed by atoms with van der Waals surface area (Å²) in [7, 11) is 0. The van der Waals surface area contributed by atoms with Gasteiger partial charge in [-0.2, -0.15) is 13.2 Å². The summed E-state index contributed by atoms with van der Waals surface area (Å²) in [5, 5.41) is 3.33. The first-order valence-corrected chi connectivity index (χ1v) is 7.68. The van der Waals surface area contributed by atoms with Gasteiger partial charge in [-0.1, -0.05) is 12.1 Å². The molecule has 3 nitrogen and oxygen atoms in total. The standard InChI is InChI=1S/C16H23F3N2O/c1-2-22-15-5-3-4-13(8-15)9-20-10-14-6-7-21(11-14)12-16(17,18)19/h3-5,8,14,20H,2,6-7,9-12H2,1H3. The Morgan fingerprint density at radius 1 is 1.36 bits per heavy atom. The molecule has 1 aromatic carbocycles. The highest BCUT2D eigenvalue weighted by Crippen LogP contribution is 2.22. The number of ether oxygens (including phenoxy) is 1. The van der Waals surface area contributed by atoms with Crippen molar-refractivity contribution >= 4 is 0 Å². The lowest BCUT2D eigenvalue weighted by atomic mass is 10.1. The second-order valence-electron chi connectivity index (χ2n) is 5.72. The molecule has 0 bridgehead atoms. The topological polar surface area (TPSA) is 24.5 Å². The van der Waals surface area contributed by atoms with Crippen LogP contribution >= 0.6 is 0 Å². The summed E-state index contributed by atoms with van der Waals surface area (Å²) in [4.78, 5) is 1.49. The number of hydrogen-bond acceptors (Lipinski definition) is 3. The summed E-state index contributed by atoms with van der Waals surface area (Å²) in [6, 6.07) is 7.86. The fraction of sp³-hybridized carbons (Fsp3) is 0.625. The Balaban J connectivity index is 1.70. The van der Waals surface area contributed by atoms with Crippen LogP contribution in [0.5, 0.6) is 5.75 Å². The van der Waals surface area contributed by atoms with Crippen LogP contribution in [0.1, 0.15) is 18.9 Å². The quantitative estimate of drug-likeness (QED) is 0.837. The van der Waals surface area contributed by atoms with Gasteiger partial charge in [0.1, 0.15) is 5.75 Å². The summed E-state index contributed by atoms with van der Waals surface area (Å²) >= 11 is 0. The van der Waals surface area contributed by atoms with E-state index in [1.807, 2.05) is 31.2 Å². The molecule has 22 heavy (non-hydrogen) atoms. The molecule has 2 rings (SSSR count). The third-order valence-electron chi connectivity index (χ3n) is 3.74. The van der Waals surface area contributed by atoms with Gasteiger partial charge in [-0.25, -0.2) is 0 Å². The van der Waals surface area contributed by atoms with Crippen LogP contribution in [-0.2, 0) is 6.54 Å². The molecular formula is C16H23F3N2O. The maximum absolute atomic E-state index is 12.3. The Labute approximate surface area is 129 Å². The molecule has 0 amide bonds. The van der Waals surface area contributed by atoms with Crippen LogP contribution in [0.2, 0.25) is 0 Å². The van der Waals surface area contributed by atoms with Crippen molar-refractivity contribution in [2.45, 2.75) is 26.1 Å². The maximum atomic E-state index is 12.3. The van der Waals surface area contributed by atoms with E-state index in [0.717, 1.165) is 24.3 Å². The van der Waals surface area contributed by atoms with E-state index in [4.69, 9.17) is 4.74 Å². The Bertz CT molecular complexity index is 465. The van der Waals surface area contributed by atoms with Crippen molar-refractivity contribution in [1.29, 1.82) is 0 Å². The summed E-state index contributed by atoms with van der Waals surface area (Å²) < 4.78 is 42.5. The fourth-order valence-corrected chi connectivity index (χ4v) is 2.81. The Morgan fingerprint density at radius 2 is 2.18 bits per heavy atom. The molecule has 1 saturated heterocycles. The van der Waals surface area contributed by atoms with E-state index in [1.54, 1.807) is 0 Å². The third-order valence-corrected chi connectivity index (χ3v) is 3.74. The van der Waals surface area contributed by atoms with Crippen molar-refractivity contribution in [2.75, 3.05) is 32.8 Å². The average molecular weight is 316 g/mol. The van der Waals surface area contributed by atoms with E-state index in [9.17, 15) is 13.2 Å². The molecule has 0 radical (unpaired) electrons. The number of likely N-dealkylation sites (tertiary alicyclic amines) is 1. The van der Waals surface area contributed by atoms with Gasteiger partial charge in [-0.05, 0) is 50.0 Å². The third kappa shape index (κ3) is 5.85. The van der Waals surface area contributed by atoms with E-state index < -0.39 is 12.7 Å². The lowest BCUT2D eigenvalue weighted by Crippen LogP contribution is -2.33. The van der Waals surface area contributed by atoms with E-state index in [1.165, 1.54) is 4.90 Å². The molecule has 0 aromatic heterocycles. The number of nitrogens with zero attached hydrogens (tertiary/aromatic N) is 1. The maximum Gasteiger partial charge on any atom is 0.401 e. The summed E-state index contributed by atoms with van der Waals surface area (Å²) in [5.74, 6) is 1.14. The van der Waals surface area contributed by atoms with E-state index in [-0.39, 0.29) is 5.92 Å². The van der Waals surface area contributed by atoms with Crippen LogP contribution in [-0.4, -0.2) is 43.9 Å². The van der Waals surface area contributed by atoms with Gasteiger partial charge in [0.25, 0.3) is 0 Å². The van der Waals surface area contributed by atoms with Gasteiger partial charge in [0.2, 0.25) is 0 Å². The van der Waals surface area contributed by atoms with Crippen molar-refractivity contribution in [1.82, 2.24) is 10.2 Å². The minimum atomic E-state index is -4.10. The molecule has 0 saturated carbocycles. The second-order valence-corrected chi connectivity index (χ2v) is 5.72. The van der Waals surface area contributed by atoms with Crippen LogP contribution in [0, 0.1) is 5.92 Å². The van der Waals surface area contributed by atoms with Crippen molar-refractivity contribution < 1.29 is 17.9 Å². The molecular weight excluding hydrogens is 293 g/mol. The molecule has 0 aliphatic carbocycles. The molecule has 124 valence electrons. The zero-order chi connectivity index (χ0) is 16.0. The number of benzene rings is 1. The Morgan fingerprint density at radius 3 is 2.91 bits per heavy atom. The number of halogens is 3. The first kappa shape index (κ1) is 17.1. The molecule has 1 fully saturated rings. The van der Waals surface area contributed by atoms with Gasteiger partial charge in [0, 0.05) is 13.1 Å². The number of rotatable bonds is 7. The molecule has 1 aliphatic rings. The summed E-state index contributed by atoms with van der Waals surface area (Å²) in [6.07, 6.45) is -3.27. The smallest absolute Gasteiger partial charge is 0.401 e. The lowest BCUT2D eigenvalue weighted by molar-refractivity contribution is -0.143. The largest absolute Gasteiger partial charge is 0.494 e. The normalized spacial score (nSPS) is 19.5. The molecule has 1 unspecified atom stereocenters. The van der Waals surface area contributed by atoms with Crippen LogP contribution in [0.4, 0.5) is 13.2 Å². The molecule has 1 N–H and O–H groups in total. The van der Waals surface area contributed by atoms with E-state index >= 15 is 0 Å². The van der Waals surface area contributed by atoms with Crippen molar-refractivity contribution in [3.05, 3.63) is 29.8 Å². The molecule has 6 heteroatoms. The van der Waals surface area contributed by atoms with Gasteiger partial charge in [-0.3, -0.25) is 4.90 Å². The SMILES string of the molecule is CCOc1cccc(CNCC2CCN(CC(F)(F)F)C2)c1. The van der Waals surface area contributed by atoms with Crippen molar-refractivity contribution in [3.8, 4) is 5.75 Å². The zero-order valence-corrected chi connectivity index (χ0v) is 12.8. The minimum absolute atomic E-state index is 0.289. The molecule has 1 aliphatic heterocycles. The van der Waals surface area contributed by atoms with Gasteiger partial charge in [0.05, 0.1) is 13.2 Å². The first-order valence-electron chi connectivity index (χ1n) is 7.68. The number of alkyl halides is 3. The Hall–Kier alpha value is -1.27. The van der Waals surface area contributed by atoms with E-state index in [0.29, 0.717) is 26.2 Å². The van der Waals surface area contributed by atoms with Crippen molar-refractivity contribution in [2.24, 2.45) is 5.92 Å². The minimum Gasteiger partial charge on any atom is -0.494 e. The fourth-order valence-electron chi connectivity index (χ4n) is 2.81. The summed E-state index contributed by atoms with van der Waals surface area (Å²) in [5.41, 5.74) is 1.12. The van der Waals surface area contributed by atoms with E-state index in [2.05, 4.69) is 5.32 Å². The second kappa shape index (κ2) is 7.83. The predicted octanol–water partition coefficient (Wildman–Crippen LogP) is 3.06. The lowest BCUT2D eigenvalue weighted by Gasteiger charge is -2.18. The molecule has 0 spiro atoms. The Kier molecular flexibility index (Phi) is 6.08. The number of hydrogen-bond donors (Lipinski definition) is 1. The molecule has 1 atom stereocenters. The van der Waals surface area contributed by atoms with Gasteiger partial charge >= 0.3 is 6.18 Å². The van der Waals surface area contributed by atoms with Gasteiger partial charge < -0.3 is 10.1 Å². The predicted molar refractivity (Wildman–Crippen MR) is 79.9 cm³/mol. The summed E-state index contributed by atoms with van der Waals surface area (Å²) in [6.45, 7) is 4.28. The molecule has 1 heterocycles. The monoisotopic (exact) mass is 316 g/mol. The first-order chi connectivity index (χ1) is 10.5. The average Bonchev–Trinajstić information content (AvgIpc) is 2.85. The van der Waals surface area contributed by atoms with Crippen LogP contribution < -0.4 is 10.1 Å². The van der Waals surface area contributed by atoms with Gasteiger partial charge in [-0.15, -0.1) is 0 Å². The van der Waals surface area contributed by atoms with Gasteiger partial charge in [0.15, 0.2) is 0 Å². The zero-order valence-electron chi connectivity index (χ0n) is 12.8. The molecule has 1 aromatic rings. The highest BCUT2D eigenvalue weighted by atomic mass is 19.4. The highest BCUT2D eigenvalue weighted by Gasteiger charge is 2.34. The van der Waals surface area contributed by atoms with Crippen LogP contribution in [0.15, 0.2) is 24.3 Å². The van der Waals surface area contributed by atoms with Crippen LogP contribution in [0.3, 0.4) is 0 Å². The highest BCUT2D eigenvalue weighted by molar-refractivity contribution is 5.28. The number of nitrogens with one attached hydrogen (secondary N) is 1. The van der Waals surface area contributed by atoms with Crippen LogP contribution in [0.25, 0.3) is 0 Å².